The Labute approximate surface area is 407 Å². The second-order valence-corrected chi connectivity index (χ2v) is 18.3. The number of aromatic nitrogens is 5. The monoisotopic (exact) mass is 905 g/mol. The zero-order valence-electron chi connectivity index (χ0n) is 38.2. The van der Waals surface area contributed by atoms with Gasteiger partial charge in [0.1, 0.15) is 11.2 Å². The number of rotatable bonds is 6. The van der Waals surface area contributed by atoms with Gasteiger partial charge in [0, 0.05) is 65.6 Å². The Bertz CT molecular complexity index is 4640. The summed E-state index contributed by atoms with van der Waals surface area (Å²) in [6, 6.07) is 84.0. The van der Waals surface area contributed by atoms with Crippen molar-refractivity contribution in [2.75, 3.05) is 0 Å². The van der Waals surface area contributed by atoms with E-state index in [1.54, 1.807) is 0 Å². The van der Waals surface area contributed by atoms with Gasteiger partial charge in [0.05, 0.1) is 27.8 Å². The molecule has 71 heavy (non-hydrogen) atoms. The molecule has 6 heteroatoms. The Hall–Kier alpha value is -9.65. The summed E-state index contributed by atoms with van der Waals surface area (Å²) in [6.45, 7) is 0. The van der Waals surface area contributed by atoms with Gasteiger partial charge in [0.2, 0.25) is 0 Å². The lowest BCUT2D eigenvalue weighted by atomic mass is 9.93. The fourth-order valence-corrected chi connectivity index (χ4v) is 11.1. The second-order valence-electron chi connectivity index (χ2n) is 18.3. The molecule has 330 valence electrons. The molecule has 15 rings (SSSR count). The van der Waals surface area contributed by atoms with Gasteiger partial charge in [-0.15, -0.1) is 0 Å². The molecule has 0 radical (unpaired) electrons. The lowest BCUT2D eigenvalue weighted by Gasteiger charge is -2.18. The highest BCUT2D eigenvalue weighted by Crippen LogP contribution is 2.46. The van der Waals surface area contributed by atoms with Crippen molar-refractivity contribution in [2.24, 2.45) is 0 Å². The van der Waals surface area contributed by atoms with Crippen LogP contribution < -0.4 is 0 Å². The third-order valence-corrected chi connectivity index (χ3v) is 14.3. The molecule has 0 aliphatic rings. The van der Waals surface area contributed by atoms with E-state index < -0.39 is 0 Å². The van der Waals surface area contributed by atoms with Crippen LogP contribution in [0.2, 0.25) is 0 Å². The van der Waals surface area contributed by atoms with Crippen molar-refractivity contribution in [3.63, 3.8) is 0 Å². The van der Waals surface area contributed by atoms with Gasteiger partial charge in [-0.25, -0.2) is 15.0 Å². The third kappa shape index (κ3) is 6.11. The van der Waals surface area contributed by atoms with Gasteiger partial charge in [-0.1, -0.05) is 152 Å². The highest BCUT2D eigenvalue weighted by Gasteiger charge is 2.24. The molecule has 15 aromatic rings. The Morgan fingerprint density at radius 2 is 0.845 bits per heavy atom. The molecule has 0 saturated carbocycles. The van der Waals surface area contributed by atoms with E-state index in [2.05, 4.69) is 221 Å². The average Bonchev–Trinajstić information content (AvgIpc) is 4.10. The van der Waals surface area contributed by atoms with Crippen LogP contribution in [0.1, 0.15) is 0 Å². The van der Waals surface area contributed by atoms with E-state index in [0.29, 0.717) is 17.5 Å². The first-order valence-electron chi connectivity index (χ1n) is 24.0. The zero-order chi connectivity index (χ0) is 46.6. The molecule has 0 unspecified atom stereocenters. The number of fused-ring (bicyclic) bond motifs is 12. The molecule has 0 atom stereocenters. The van der Waals surface area contributed by atoms with E-state index in [0.717, 1.165) is 105 Å². The maximum Gasteiger partial charge on any atom is 0.164 e. The van der Waals surface area contributed by atoms with Gasteiger partial charge in [0.15, 0.2) is 17.5 Å². The van der Waals surface area contributed by atoms with Crippen molar-refractivity contribution in [3.05, 3.63) is 237 Å². The second kappa shape index (κ2) is 15.4. The predicted molar refractivity (Wildman–Crippen MR) is 293 cm³/mol. The summed E-state index contributed by atoms with van der Waals surface area (Å²) < 4.78 is 11.6. The van der Waals surface area contributed by atoms with Gasteiger partial charge in [-0.3, -0.25) is 0 Å². The smallest absolute Gasteiger partial charge is 0.164 e. The first-order valence-corrected chi connectivity index (χ1v) is 24.0. The standard InChI is InChI=1S/C65H39N5O/c1-3-17-40(18-4-1)63-66-64(44-31-33-57-51(37-44)48-25-11-14-28-55(48)69(57)46-22-5-2-6-23-46)68-65(67-63)45-32-34-58(70-56-29-15-12-26-49(56)52-35-41-19-7-8-20-42(41)39-59(52)70)53(38-45)54-36-43-21-9-10-24-47(43)62-61(54)50-27-13-16-30-60(50)71-62/h1-39H. The molecular weight excluding hydrogens is 867 g/mol. The molecule has 11 aromatic carbocycles. The number of hydrogen-bond donors (Lipinski definition) is 0. The first kappa shape index (κ1) is 39.4. The van der Waals surface area contributed by atoms with Crippen LogP contribution >= 0.6 is 0 Å². The molecular formula is C65H39N5O. The molecule has 4 aromatic heterocycles. The van der Waals surface area contributed by atoms with Crippen molar-refractivity contribution in [1.29, 1.82) is 0 Å². The Kier molecular flexibility index (Phi) is 8.56. The number of para-hydroxylation sites is 4. The van der Waals surface area contributed by atoms with Crippen LogP contribution in [0.4, 0.5) is 0 Å². The van der Waals surface area contributed by atoms with Gasteiger partial charge in [-0.05, 0) is 107 Å². The summed E-state index contributed by atoms with van der Waals surface area (Å²) in [5.41, 5.74) is 13.1. The summed E-state index contributed by atoms with van der Waals surface area (Å²) in [6.07, 6.45) is 0. The van der Waals surface area contributed by atoms with Gasteiger partial charge in [0.25, 0.3) is 0 Å². The van der Waals surface area contributed by atoms with Gasteiger partial charge >= 0.3 is 0 Å². The summed E-state index contributed by atoms with van der Waals surface area (Å²) in [4.78, 5) is 16.0. The van der Waals surface area contributed by atoms with Crippen molar-refractivity contribution in [2.45, 2.75) is 0 Å². The van der Waals surface area contributed by atoms with E-state index in [1.165, 1.54) is 21.5 Å². The fourth-order valence-electron chi connectivity index (χ4n) is 11.1. The summed E-state index contributed by atoms with van der Waals surface area (Å²) in [5, 5.41) is 11.4. The molecule has 0 amide bonds. The topological polar surface area (TPSA) is 61.7 Å². The quantitative estimate of drug-likeness (QED) is 0.167. The van der Waals surface area contributed by atoms with Crippen molar-refractivity contribution < 1.29 is 4.42 Å². The van der Waals surface area contributed by atoms with E-state index >= 15 is 0 Å². The summed E-state index contributed by atoms with van der Waals surface area (Å²) in [7, 11) is 0. The summed E-state index contributed by atoms with van der Waals surface area (Å²) in [5.74, 6) is 1.78. The Morgan fingerprint density at radius 3 is 1.59 bits per heavy atom. The minimum atomic E-state index is 0.579. The maximum atomic E-state index is 6.83. The highest BCUT2D eigenvalue weighted by molar-refractivity contribution is 6.22. The molecule has 0 aliphatic heterocycles. The zero-order valence-corrected chi connectivity index (χ0v) is 38.2. The van der Waals surface area contributed by atoms with Crippen LogP contribution in [0.25, 0.3) is 144 Å². The number of hydrogen-bond acceptors (Lipinski definition) is 4. The van der Waals surface area contributed by atoms with Gasteiger partial charge < -0.3 is 13.6 Å². The van der Waals surface area contributed by atoms with Crippen molar-refractivity contribution in [3.8, 4) is 56.7 Å². The van der Waals surface area contributed by atoms with Crippen LogP contribution in [0, 0.1) is 0 Å². The minimum absolute atomic E-state index is 0.579. The van der Waals surface area contributed by atoms with E-state index in [4.69, 9.17) is 19.4 Å². The molecule has 0 aliphatic carbocycles. The molecule has 0 spiro atoms. The molecule has 4 heterocycles. The third-order valence-electron chi connectivity index (χ3n) is 14.3. The van der Waals surface area contributed by atoms with Crippen molar-refractivity contribution >= 4 is 87.1 Å². The first-order chi connectivity index (χ1) is 35.2. The fraction of sp³-hybridized carbons (Fsp3) is 0. The van der Waals surface area contributed by atoms with E-state index in [1.807, 2.05) is 24.3 Å². The lowest BCUT2D eigenvalue weighted by molar-refractivity contribution is 0.673. The number of nitrogens with zero attached hydrogens (tertiary/aromatic N) is 5. The van der Waals surface area contributed by atoms with Crippen molar-refractivity contribution in [1.82, 2.24) is 24.1 Å². The van der Waals surface area contributed by atoms with Crippen LogP contribution in [-0.4, -0.2) is 24.1 Å². The van der Waals surface area contributed by atoms with Crippen LogP contribution in [-0.2, 0) is 0 Å². The lowest BCUT2D eigenvalue weighted by Crippen LogP contribution is -2.02. The van der Waals surface area contributed by atoms with Crippen LogP contribution in [0.5, 0.6) is 0 Å². The van der Waals surface area contributed by atoms with E-state index in [-0.39, 0.29) is 0 Å². The van der Waals surface area contributed by atoms with Crippen LogP contribution in [0.15, 0.2) is 241 Å². The molecule has 0 N–H and O–H groups in total. The molecule has 6 nitrogen and oxygen atoms in total. The maximum absolute atomic E-state index is 6.83. The predicted octanol–water partition coefficient (Wildman–Crippen LogP) is 16.9. The largest absolute Gasteiger partial charge is 0.455 e. The minimum Gasteiger partial charge on any atom is -0.455 e. The number of benzene rings is 11. The highest BCUT2D eigenvalue weighted by atomic mass is 16.3. The molecule has 0 fully saturated rings. The normalized spacial score (nSPS) is 11.9. The molecule has 0 bridgehead atoms. The Balaban J connectivity index is 1.02. The SMILES string of the molecule is c1ccc(-c2nc(-c3ccc(-n4c5ccccc5c5cc6ccccc6cc54)c(-c4cc5ccccc5c5oc6ccccc6c45)c3)nc(-c3ccc4c(c3)c3ccccc3n4-c3ccccc3)n2)cc1. The van der Waals surface area contributed by atoms with Gasteiger partial charge in [-0.2, -0.15) is 0 Å². The average molecular weight is 906 g/mol. The number of furan rings is 1. The summed E-state index contributed by atoms with van der Waals surface area (Å²) >= 11 is 0. The van der Waals surface area contributed by atoms with E-state index in [9.17, 15) is 0 Å². The molecule has 0 saturated heterocycles. The van der Waals surface area contributed by atoms with Crippen LogP contribution in [0.3, 0.4) is 0 Å². The Morgan fingerprint density at radius 1 is 0.310 bits per heavy atom.